The number of carbonyl (C=O) groups is 1. The van der Waals surface area contributed by atoms with Gasteiger partial charge in [-0.15, -0.1) is 10.2 Å². The molecule has 0 bridgehead atoms. The van der Waals surface area contributed by atoms with Crippen LogP contribution in [0.25, 0.3) is 10.9 Å². The van der Waals surface area contributed by atoms with Crippen molar-refractivity contribution in [2.24, 2.45) is 16.1 Å². The SMILES string of the molecule is O=C1N=Nc2nc(CN3CCC(Cc4ccccc4)CC3)nc3cccc1c23. The Morgan fingerprint density at radius 3 is 2.57 bits per heavy atom. The molecule has 0 N–H and O–H groups in total. The first-order chi connectivity index (χ1) is 13.8. The number of benzene rings is 2. The number of hydrogen-bond donors (Lipinski definition) is 0. The smallest absolute Gasteiger partial charge is 0.296 e. The molecule has 2 aliphatic rings. The van der Waals surface area contributed by atoms with E-state index in [4.69, 9.17) is 0 Å². The van der Waals surface area contributed by atoms with Crippen LogP contribution in [0.4, 0.5) is 5.82 Å². The Hall–Kier alpha value is -2.99. The van der Waals surface area contributed by atoms with Crippen LogP contribution in [0.5, 0.6) is 0 Å². The van der Waals surface area contributed by atoms with Crippen molar-refractivity contribution in [2.75, 3.05) is 13.1 Å². The van der Waals surface area contributed by atoms with E-state index < -0.39 is 0 Å². The number of rotatable bonds is 4. The van der Waals surface area contributed by atoms with Crippen LogP contribution in [0, 0.1) is 5.92 Å². The van der Waals surface area contributed by atoms with Crippen molar-refractivity contribution in [3.8, 4) is 0 Å². The van der Waals surface area contributed by atoms with Crippen molar-refractivity contribution in [1.29, 1.82) is 0 Å². The molecular formula is C22H21N5O. The van der Waals surface area contributed by atoms with Gasteiger partial charge in [-0.05, 0) is 56.0 Å². The number of nitrogens with zero attached hydrogens (tertiary/aromatic N) is 5. The molecule has 3 aromatic rings. The molecule has 0 saturated carbocycles. The summed E-state index contributed by atoms with van der Waals surface area (Å²) in [7, 11) is 0. The van der Waals surface area contributed by atoms with Gasteiger partial charge in [-0.2, -0.15) is 0 Å². The fourth-order valence-electron chi connectivity index (χ4n) is 4.17. The Labute approximate surface area is 163 Å². The highest BCUT2D eigenvalue weighted by atomic mass is 16.1. The molecule has 0 atom stereocenters. The zero-order valence-corrected chi connectivity index (χ0v) is 15.6. The third-order valence-corrected chi connectivity index (χ3v) is 5.66. The number of azo groups is 1. The minimum absolute atomic E-state index is 0.324. The minimum atomic E-state index is -0.324. The van der Waals surface area contributed by atoms with E-state index in [2.05, 4.69) is 55.4 Å². The average molecular weight is 371 g/mol. The molecule has 0 aliphatic carbocycles. The fourth-order valence-corrected chi connectivity index (χ4v) is 4.17. The van der Waals surface area contributed by atoms with Gasteiger partial charge in [0.15, 0.2) is 5.82 Å². The fraction of sp³-hybridized carbons (Fsp3) is 0.318. The van der Waals surface area contributed by atoms with Gasteiger partial charge in [0.25, 0.3) is 5.91 Å². The molecule has 2 aliphatic heterocycles. The lowest BCUT2D eigenvalue weighted by atomic mass is 9.90. The largest absolute Gasteiger partial charge is 0.296 e. The van der Waals surface area contributed by atoms with E-state index in [0.29, 0.717) is 23.3 Å². The normalized spacial score (nSPS) is 17.4. The van der Waals surface area contributed by atoms with Gasteiger partial charge in [0.1, 0.15) is 5.82 Å². The van der Waals surface area contributed by atoms with Crippen LogP contribution in [0.2, 0.25) is 0 Å². The summed E-state index contributed by atoms with van der Waals surface area (Å²) in [4.78, 5) is 23.6. The molecular weight excluding hydrogens is 350 g/mol. The highest BCUT2D eigenvalue weighted by Crippen LogP contribution is 2.31. The monoisotopic (exact) mass is 371 g/mol. The van der Waals surface area contributed by atoms with Crippen LogP contribution < -0.4 is 0 Å². The number of likely N-dealkylation sites (tertiary alicyclic amines) is 1. The van der Waals surface area contributed by atoms with Gasteiger partial charge in [0.05, 0.1) is 23.0 Å². The number of piperidine rings is 1. The van der Waals surface area contributed by atoms with Crippen molar-refractivity contribution in [1.82, 2.24) is 14.9 Å². The first-order valence-corrected chi connectivity index (χ1v) is 9.78. The summed E-state index contributed by atoms with van der Waals surface area (Å²) in [6, 6.07) is 16.2. The molecule has 1 aromatic heterocycles. The third kappa shape index (κ3) is 3.31. The Morgan fingerprint density at radius 1 is 0.929 bits per heavy atom. The molecule has 5 rings (SSSR count). The second-order valence-electron chi connectivity index (χ2n) is 7.58. The Bertz CT molecular complexity index is 1060. The predicted molar refractivity (Wildman–Crippen MR) is 107 cm³/mol. The molecule has 0 spiro atoms. The molecule has 1 saturated heterocycles. The summed E-state index contributed by atoms with van der Waals surface area (Å²) in [6.45, 7) is 2.80. The molecule has 0 radical (unpaired) electrons. The standard InChI is InChI=1S/C22H21N5O/c28-22-17-7-4-8-18-20(17)21(25-26-22)24-19(23-18)14-27-11-9-16(10-12-27)13-15-5-2-1-3-6-15/h1-8,16H,9-14H2. The second-order valence-corrected chi connectivity index (χ2v) is 7.58. The maximum absolute atomic E-state index is 11.9. The maximum atomic E-state index is 11.9. The zero-order chi connectivity index (χ0) is 18.9. The predicted octanol–water partition coefficient (Wildman–Crippen LogP) is 4.32. The summed E-state index contributed by atoms with van der Waals surface area (Å²) < 4.78 is 0. The van der Waals surface area contributed by atoms with E-state index in [1.165, 1.54) is 18.4 Å². The topological polar surface area (TPSA) is 70.8 Å². The van der Waals surface area contributed by atoms with Crippen LogP contribution in [0.15, 0.2) is 58.8 Å². The molecule has 1 amide bonds. The van der Waals surface area contributed by atoms with E-state index >= 15 is 0 Å². The molecule has 3 heterocycles. The van der Waals surface area contributed by atoms with Gasteiger partial charge in [0, 0.05) is 0 Å². The lowest BCUT2D eigenvalue weighted by Gasteiger charge is -2.31. The number of amides is 1. The third-order valence-electron chi connectivity index (χ3n) is 5.66. The lowest BCUT2D eigenvalue weighted by molar-refractivity contribution is 0.0995. The van der Waals surface area contributed by atoms with E-state index in [1.807, 2.05) is 12.1 Å². The van der Waals surface area contributed by atoms with Gasteiger partial charge < -0.3 is 0 Å². The van der Waals surface area contributed by atoms with Crippen molar-refractivity contribution in [3.05, 3.63) is 65.5 Å². The quantitative estimate of drug-likeness (QED) is 0.685. The molecule has 2 aromatic carbocycles. The molecule has 6 nitrogen and oxygen atoms in total. The summed E-state index contributed by atoms with van der Waals surface area (Å²) in [5.41, 5.74) is 2.73. The van der Waals surface area contributed by atoms with Gasteiger partial charge in [-0.25, -0.2) is 9.97 Å². The Morgan fingerprint density at radius 2 is 1.75 bits per heavy atom. The van der Waals surface area contributed by atoms with Crippen molar-refractivity contribution in [2.45, 2.75) is 25.8 Å². The number of aromatic nitrogens is 2. The zero-order valence-electron chi connectivity index (χ0n) is 15.6. The summed E-state index contributed by atoms with van der Waals surface area (Å²) in [6.07, 6.45) is 3.53. The van der Waals surface area contributed by atoms with Crippen molar-refractivity contribution >= 4 is 22.6 Å². The van der Waals surface area contributed by atoms with Gasteiger partial charge in [0.2, 0.25) is 0 Å². The second kappa shape index (κ2) is 7.20. The Balaban J connectivity index is 1.28. The van der Waals surface area contributed by atoms with Crippen LogP contribution in [0.1, 0.15) is 34.6 Å². The van der Waals surface area contributed by atoms with Crippen LogP contribution >= 0.6 is 0 Å². The van der Waals surface area contributed by atoms with E-state index in [9.17, 15) is 4.79 Å². The molecule has 140 valence electrons. The minimum Gasteiger partial charge on any atom is -0.296 e. The highest BCUT2D eigenvalue weighted by molar-refractivity contribution is 6.11. The average Bonchev–Trinajstić information content (AvgIpc) is 2.73. The van der Waals surface area contributed by atoms with Gasteiger partial charge in [-0.3, -0.25) is 9.69 Å². The first kappa shape index (κ1) is 17.1. The lowest BCUT2D eigenvalue weighted by Crippen LogP contribution is -2.34. The summed E-state index contributed by atoms with van der Waals surface area (Å²) in [5, 5.41) is 8.44. The van der Waals surface area contributed by atoms with Gasteiger partial charge in [-0.1, -0.05) is 36.4 Å². The Kier molecular flexibility index (Phi) is 4.41. The summed E-state index contributed by atoms with van der Waals surface area (Å²) >= 11 is 0. The molecule has 1 fully saturated rings. The number of hydrogen-bond acceptors (Lipinski definition) is 5. The van der Waals surface area contributed by atoms with Crippen LogP contribution in [0.3, 0.4) is 0 Å². The summed E-state index contributed by atoms with van der Waals surface area (Å²) in [5.74, 6) is 1.67. The van der Waals surface area contributed by atoms with Crippen molar-refractivity contribution < 1.29 is 4.79 Å². The van der Waals surface area contributed by atoms with E-state index in [-0.39, 0.29) is 5.91 Å². The maximum Gasteiger partial charge on any atom is 0.296 e. The highest BCUT2D eigenvalue weighted by Gasteiger charge is 2.23. The van der Waals surface area contributed by atoms with Crippen molar-refractivity contribution in [3.63, 3.8) is 0 Å². The first-order valence-electron chi connectivity index (χ1n) is 9.78. The van der Waals surface area contributed by atoms with E-state index in [1.54, 1.807) is 6.07 Å². The molecule has 28 heavy (non-hydrogen) atoms. The number of carbonyl (C=O) groups excluding carboxylic acids is 1. The van der Waals surface area contributed by atoms with Crippen LogP contribution in [-0.2, 0) is 13.0 Å². The van der Waals surface area contributed by atoms with Crippen LogP contribution in [-0.4, -0.2) is 33.9 Å². The van der Waals surface area contributed by atoms with Gasteiger partial charge >= 0.3 is 0 Å². The molecule has 0 unspecified atom stereocenters. The van der Waals surface area contributed by atoms with E-state index in [0.717, 1.165) is 36.8 Å². The molecule has 6 heteroatoms.